The van der Waals surface area contributed by atoms with Crippen molar-refractivity contribution in [2.45, 2.75) is 13.8 Å². The molecule has 0 bridgehead atoms. The van der Waals surface area contributed by atoms with Crippen LogP contribution in [0.2, 0.25) is 5.15 Å². The molecule has 0 aliphatic heterocycles. The summed E-state index contributed by atoms with van der Waals surface area (Å²) in [4.78, 5) is 8.11. The molecule has 1 heterocycles. The molecule has 0 saturated heterocycles. The van der Waals surface area contributed by atoms with Gasteiger partial charge in [-0.05, 0) is 25.5 Å². The first-order valence-corrected chi connectivity index (χ1v) is 4.56. The van der Waals surface area contributed by atoms with E-state index in [2.05, 4.69) is 9.97 Å². The van der Waals surface area contributed by atoms with E-state index < -0.39 is 0 Å². The topological polar surface area (TPSA) is 25.8 Å². The van der Waals surface area contributed by atoms with Crippen molar-refractivity contribution >= 4 is 22.5 Å². The number of rotatable bonds is 0. The second-order valence-corrected chi connectivity index (χ2v) is 3.54. The Balaban J connectivity index is 2.89. The monoisotopic (exact) mass is 210 g/mol. The Morgan fingerprint density at radius 3 is 2.64 bits per heavy atom. The molecule has 0 aliphatic carbocycles. The Labute approximate surface area is 85.8 Å². The highest BCUT2D eigenvalue weighted by Crippen LogP contribution is 2.23. The van der Waals surface area contributed by atoms with Gasteiger partial charge in [0, 0.05) is 11.5 Å². The number of hydrogen-bond acceptors (Lipinski definition) is 2. The molecular weight excluding hydrogens is 203 g/mol. The average Bonchev–Trinajstić information content (AvgIpc) is 2.08. The van der Waals surface area contributed by atoms with Crippen LogP contribution in [0.4, 0.5) is 4.39 Å². The van der Waals surface area contributed by atoms with E-state index in [0.717, 1.165) is 0 Å². The minimum absolute atomic E-state index is 0.272. The van der Waals surface area contributed by atoms with E-state index in [0.29, 0.717) is 27.4 Å². The Kier molecular flexibility index (Phi) is 2.11. The van der Waals surface area contributed by atoms with E-state index in [-0.39, 0.29) is 5.82 Å². The lowest BCUT2D eigenvalue weighted by molar-refractivity contribution is 0.620. The van der Waals surface area contributed by atoms with Crippen LogP contribution in [0.15, 0.2) is 12.1 Å². The second kappa shape index (κ2) is 3.17. The first-order valence-electron chi connectivity index (χ1n) is 4.18. The van der Waals surface area contributed by atoms with E-state index in [9.17, 15) is 4.39 Å². The third kappa shape index (κ3) is 1.44. The Hall–Kier alpha value is -1.22. The number of hydrogen-bond donors (Lipinski definition) is 0. The van der Waals surface area contributed by atoms with Crippen LogP contribution in [0.1, 0.15) is 11.4 Å². The van der Waals surface area contributed by atoms with Gasteiger partial charge in [-0.2, -0.15) is 0 Å². The van der Waals surface area contributed by atoms with Crippen molar-refractivity contribution in [3.05, 3.63) is 34.5 Å². The maximum Gasteiger partial charge on any atom is 0.140 e. The molecule has 0 spiro atoms. The summed E-state index contributed by atoms with van der Waals surface area (Å²) in [5.74, 6) is 0.275. The Morgan fingerprint density at radius 2 is 1.93 bits per heavy atom. The first-order chi connectivity index (χ1) is 6.58. The van der Waals surface area contributed by atoms with Crippen LogP contribution in [0, 0.1) is 19.7 Å². The molecule has 1 aromatic heterocycles. The van der Waals surface area contributed by atoms with E-state index in [1.54, 1.807) is 19.9 Å². The molecule has 0 unspecified atom stereocenters. The molecule has 14 heavy (non-hydrogen) atoms. The van der Waals surface area contributed by atoms with Crippen molar-refractivity contribution in [2.24, 2.45) is 0 Å². The smallest absolute Gasteiger partial charge is 0.140 e. The molecule has 0 saturated carbocycles. The van der Waals surface area contributed by atoms with Crippen LogP contribution in [0.5, 0.6) is 0 Å². The molecule has 0 aliphatic rings. The fourth-order valence-electron chi connectivity index (χ4n) is 1.33. The largest absolute Gasteiger partial charge is 0.233 e. The summed E-state index contributed by atoms with van der Waals surface area (Å²) in [6.07, 6.45) is 0. The Bertz CT molecular complexity index is 511. The predicted molar refractivity (Wildman–Crippen MR) is 54.0 cm³/mol. The van der Waals surface area contributed by atoms with Gasteiger partial charge in [0.25, 0.3) is 0 Å². The molecule has 2 aromatic rings. The molecule has 0 N–H and O–H groups in total. The molecule has 0 amide bonds. The van der Waals surface area contributed by atoms with E-state index >= 15 is 0 Å². The summed E-state index contributed by atoms with van der Waals surface area (Å²) in [5, 5.41) is 1.06. The van der Waals surface area contributed by atoms with Crippen LogP contribution < -0.4 is 0 Å². The van der Waals surface area contributed by atoms with E-state index in [4.69, 9.17) is 11.6 Å². The van der Waals surface area contributed by atoms with Crippen LogP contribution in [-0.4, -0.2) is 9.97 Å². The maximum absolute atomic E-state index is 13.2. The van der Waals surface area contributed by atoms with Gasteiger partial charge in [0.2, 0.25) is 0 Å². The van der Waals surface area contributed by atoms with Gasteiger partial charge >= 0.3 is 0 Å². The molecule has 0 fully saturated rings. The lowest BCUT2D eigenvalue weighted by Gasteiger charge is -2.03. The van der Waals surface area contributed by atoms with Gasteiger partial charge in [0.1, 0.15) is 16.8 Å². The van der Waals surface area contributed by atoms with Crippen molar-refractivity contribution in [3.63, 3.8) is 0 Å². The van der Waals surface area contributed by atoms with Crippen molar-refractivity contribution < 1.29 is 4.39 Å². The standard InChI is InChI=1S/C10H8ClFN2/c1-5-3-7-9(4-8(5)12)13-6(2)14-10(7)11/h3-4H,1-2H3. The van der Waals surface area contributed by atoms with Gasteiger partial charge in [-0.15, -0.1) is 0 Å². The molecule has 1 aromatic carbocycles. The zero-order valence-electron chi connectivity index (χ0n) is 7.81. The second-order valence-electron chi connectivity index (χ2n) is 3.18. The highest BCUT2D eigenvalue weighted by atomic mass is 35.5. The number of aryl methyl sites for hydroxylation is 2. The molecule has 72 valence electrons. The molecule has 4 heteroatoms. The Morgan fingerprint density at radius 1 is 1.21 bits per heavy atom. The average molecular weight is 211 g/mol. The van der Waals surface area contributed by atoms with Gasteiger partial charge in [0.15, 0.2) is 0 Å². The molecule has 2 nitrogen and oxygen atoms in total. The minimum Gasteiger partial charge on any atom is -0.233 e. The fourth-order valence-corrected chi connectivity index (χ4v) is 1.60. The summed E-state index contributed by atoms with van der Waals surface area (Å²) >= 11 is 5.91. The summed E-state index contributed by atoms with van der Waals surface area (Å²) in [6.45, 7) is 3.41. The number of nitrogens with zero attached hydrogens (tertiary/aromatic N) is 2. The van der Waals surface area contributed by atoms with Crippen molar-refractivity contribution in [3.8, 4) is 0 Å². The lowest BCUT2D eigenvalue weighted by atomic mass is 10.1. The molecule has 2 rings (SSSR count). The summed E-state index contributed by atoms with van der Waals surface area (Å²) in [5.41, 5.74) is 1.09. The van der Waals surface area contributed by atoms with Crippen molar-refractivity contribution in [1.82, 2.24) is 9.97 Å². The molecule has 0 atom stereocenters. The first kappa shape index (κ1) is 9.34. The zero-order chi connectivity index (χ0) is 10.3. The lowest BCUT2D eigenvalue weighted by Crippen LogP contribution is -1.92. The SMILES string of the molecule is Cc1nc(Cl)c2cc(C)c(F)cc2n1. The van der Waals surface area contributed by atoms with E-state index in [1.807, 2.05) is 0 Å². The van der Waals surface area contributed by atoms with Crippen LogP contribution in [-0.2, 0) is 0 Å². The van der Waals surface area contributed by atoms with Gasteiger partial charge in [-0.3, -0.25) is 0 Å². The third-order valence-corrected chi connectivity index (χ3v) is 2.33. The molecular formula is C10H8ClFN2. The highest BCUT2D eigenvalue weighted by molar-refractivity contribution is 6.34. The number of aromatic nitrogens is 2. The number of fused-ring (bicyclic) bond motifs is 1. The quantitative estimate of drug-likeness (QED) is 0.625. The van der Waals surface area contributed by atoms with Crippen molar-refractivity contribution in [1.29, 1.82) is 0 Å². The third-order valence-electron chi connectivity index (χ3n) is 2.04. The van der Waals surface area contributed by atoms with Crippen LogP contribution in [0.25, 0.3) is 10.9 Å². The zero-order valence-corrected chi connectivity index (χ0v) is 8.56. The maximum atomic E-state index is 13.2. The van der Waals surface area contributed by atoms with Gasteiger partial charge in [-0.1, -0.05) is 11.6 Å². The highest BCUT2D eigenvalue weighted by Gasteiger charge is 2.06. The summed E-state index contributed by atoms with van der Waals surface area (Å²) in [7, 11) is 0. The van der Waals surface area contributed by atoms with Crippen LogP contribution in [0.3, 0.4) is 0 Å². The number of benzene rings is 1. The fraction of sp³-hybridized carbons (Fsp3) is 0.200. The summed E-state index contributed by atoms with van der Waals surface area (Å²) in [6, 6.07) is 3.04. The van der Waals surface area contributed by atoms with Gasteiger partial charge in [-0.25, -0.2) is 14.4 Å². The normalized spacial score (nSPS) is 10.9. The minimum atomic E-state index is -0.272. The summed E-state index contributed by atoms with van der Waals surface area (Å²) < 4.78 is 13.2. The van der Waals surface area contributed by atoms with E-state index in [1.165, 1.54) is 6.07 Å². The van der Waals surface area contributed by atoms with Crippen LogP contribution >= 0.6 is 11.6 Å². The predicted octanol–water partition coefficient (Wildman–Crippen LogP) is 3.04. The number of halogens is 2. The van der Waals surface area contributed by atoms with Crippen molar-refractivity contribution in [2.75, 3.05) is 0 Å². The van der Waals surface area contributed by atoms with Gasteiger partial charge < -0.3 is 0 Å². The van der Waals surface area contributed by atoms with Gasteiger partial charge in [0.05, 0.1) is 5.52 Å². The molecule has 0 radical (unpaired) electrons.